The lowest BCUT2D eigenvalue weighted by atomic mass is 9.65. The van der Waals surface area contributed by atoms with Crippen molar-refractivity contribution in [2.75, 3.05) is 0 Å². The second-order valence-electron chi connectivity index (χ2n) is 9.63. The van der Waals surface area contributed by atoms with Gasteiger partial charge in [0.15, 0.2) is 5.78 Å². The SMILES string of the molecule is CC[C@H]1CCCC[C@@H](C)C(=O)C2=CC3C(C(=O)C[C@@H]4CCC[C@@H]34)C2CC(=O)O1. The number of ketones is 2. The standard InChI is InChI=1S/C24H34O4/c1-3-16-9-5-4-7-14(2)24(27)20-12-18-17-10-6-8-15(17)11-21(25)23(18)19(20)13-22(26)28-16/h12,14-19,23H,3-11,13H2,1-2H3/t14-,15+,16+,17-,18?,19?,23?/m1/s1. The van der Waals surface area contributed by atoms with Gasteiger partial charge in [-0.25, -0.2) is 0 Å². The van der Waals surface area contributed by atoms with Crippen LogP contribution in [0.2, 0.25) is 0 Å². The second kappa shape index (κ2) is 8.12. The fourth-order valence-corrected chi connectivity index (χ4v) is 6.45. The van der Waals surface area contributed by atoms with E-state index in [1.165, 1.54) is 6.42 Å². The van der Waals surface area contributed by atoms with Gasteiger partial charge in [-0.15, -0.1) is 0 Å². The van der Waals surface area contributed by atoms with Gasteiger partial charge < -0.3 is 4.74 Å². The highest BCUT2D eigenvalue weighted by molar-refractivity contribution is 6.00. The van der Waals surface area contributed by atoms with Crippen LogP contribution < -0.4 is 0 Å². The number of allylic oxidation sites excluding steroid dienone is 2. The van der Waals surface area contributed by atoms with Crippen LogP contribution in [0.3, 0.4) is 0 Å². The van der Waals surface area contributed by atoms with Crippen molar-refractivity contribution in [2.45, 2.75) is 84.2 Å². The first-order valence-electron chi connectivity index (χ1n) is 11.5. The molecular formula is C24H34O4. The summed E-state index contributed by atoms with van der Waals surface area (Å²) >= 11 is 0. The van der Waals surface area contributed by atoms with Crippen LogP contribution in [0.4, 0.5) is 0 Å². The zero-order chi connectivity index (χ0) is 19.8. The molecule has 3 fully saturated rings. The van der Waals surface area contributed by atoms with Gasteiger partial charge >= 0.3 is 5.97 Å². The van der Waals surface area contributed by atoms with E-state index in [-0.39, 0.29) is 53.7 Å². The Morgan fingerprint density at radius 1 is 1.00 bits per heavy atom. The number of rotatable bonds is 1. The average molecular weight is 387 g/mol. The molecule has 0 aromatic rings. The molecule has 28 heavy (non-hydrogen) atoms. The van der Waals surface area contributed by atoms with Crippen LogP contribution in [0.25, 0.3) is 0 Å². The Labute approximate surface area is 168 Å². The number of esters is 1. The first kappa shape index (κ1) is 19.8. The Kier molecular flexibility index (Phi) is 5.76. The Morgan fingerprint density at radius 2 is 1.79 bits per heavy atom. The van der Waals surface area contributed by atoms with Gasteiger partial charge in [0.25, 0.3) is 0 Å². The number of hydrogen-bond donors (Lipinski definition) is 0. The molecule has 4 heteroatoms. The van der Waals surface area contributed by atoms with E-state index in [0.29, 0.717) is 18.3 Å². The maximum absolute atomic E-state index is 13.3. The maximum atomic E-state index is 13.3. The zero-order valence-corrected chi connectivity index (χ0v) is 17.3. The van der Waals surface area contributed by atoms with Crippen LogP contribution in [-0.2, 0) is 19.1 Å². The molecule has 0 aromatic carbocycles. The van der Waals surface area contributed by atoms with Crippen molar-refractivity contribution in [3.05, 3.63) is 11.6 Å². The predicted molar refractivity (Wildman–Crippen MR) is 106 cm³/mol. The molecule has 3 aliphatic carbocycles. The molecule has 1 heterocycles. The molecule has 154 valence electrons. The van der Waals surface area contributed by atoms with E-state index in [4.69, 9.17) is 4.74 Å². The van der Waals surface area contributed by atoms with E-state index in [0.717, 1.165) is 50.5 Å². The van der Waals surface area contributed by atoms with E-state index in [9.17, 15) is 14.4 Å². The lowest BCUT2D eigenvalue weighted by Crippen LogP contribution is -2.40. The molecule has 0 aromatic heterocycles. The number of ether oxygens (including phenoxy) is 1. The molecule has 0 radical (unpaired) electrons. The minimum Gasteiger partial charge on any atom is -0.462 e. The molecule has 0 N–H and O–H groups in total. The summed E-state index contributed by atoms with van der Waals surface area (Å²) in [6.45, 7) is 4.07. The summed E-state index contributed by atoms with van der Waals surface area (Å²) in [5.74, 6) is 0.893. The summed E-state index contributed by atoms with van der Waals surface area (Å²) < 4.78 is 5.76. The molecule has 1 aliphatic heterocycles. The first-order valence-corrected chi connectivity index (χ1v) is 11.5. The highest BCUT2D eigenvalue weighted by atomic mass is 16.5. The predicted octanol–water partition coefficient (Wildman–Crippen LogP) is 4.66. The highest BCUT2D eigenvalue weighted by Gasteiger charge is 2.53. The average Bonchev–Trinajstić information content (AvgIpc) is 3.27. The van der Waals surface area contributed by atoms with Crippen molar-refractivity contribution in [2.24, 2.45) is 35.5 Å². The van der Waals surface area contributed by atoms with Crippen LogP contribution in [0.1, 0.15) is 78.1 Å². The van der Waals surface area contributed by atoms with Gasteiger partial charge in [0.1, 0.15) is 11.9 Å². The highest BCUT2D eigenvalue weighted by Crippen LogP contribution is 2.54. The van der Waals surface area contributed by atoms with Gasteiger partial charge in [0.05, 0.1) is 6.42 Å². The number of fused-ring (bicyclic) bond motifs is 5. The van der Waals surface area contributed by atoms with Gasteiger partial charge in [-0.1, -0.05) is 32.8 Å². The normalized spacial score (nSPS) is 41.9. The van der Waals surface area contributed by atoms with Crippen LogP contribution in [-0.4, -0.2) is 23.6 Å². The van der Waals surface area contributed by atoms with Crippen molar-refractivity contribution in [1.29, 1.82) is 0 Å². The van der Waals surface area contributed by atoms with Gasteiger partial charge in [-0.05, 0) is 61.9 Å². The summed E-state index contributed by atoms with van der Waals surface area (Å²) in [6, 6.07) is 0. The molecule has 7 atom stereocenters. The third-order valence-electron chi connectivity index (χ3n) is 7.95. The Balaban J connectivity index is 1.65. The minimum atomic E-state index is -0.265. The van der Waals surface area contributed by atoms with Crippen molar-refractivity contribution in [3.63, 3.8) is 0 Å². The zero-order valence-electron chi connectivity index (χ0n) is 17.3. The first-order chi connectivity index (χ1) is 13.5. The number of carbonyl (C=O) groups is 3. The molecular weight excluding hydrogens is 352 g/mol. The van der Waals surface area contributed by atoms with Crippen LogP contribution in [0.15, 0.2) is 11.6 Å². The molecule has 0 spiro atoms. The van der Waals surface area contributed by atoms with Gasteiger partial charge in [0, 0.05) is 24.2 Å². The van der Waals surface area contributed by atoms with E-state index < -0.39 is 0 Å². The number of Topliss-reactive ketones (excluding diaryl/α,β-unsaturated/α-hetero) is 2. The Bertz CT molecular complexity index is 678. The smallest absolute Gasteiger partial charge is 0.306 e. The minimum absolute atomic E-state index is 0.0288. The summed E-state index contributed by atoms with van der Waals surface area (Å²) in [6.07, 6.45) is 10.9. The van der Waals surface area contributed by atoms with E-state index in [1.54, 1.807) is 0 Å². The fraction of sp³-hybridized carbons (Fsp3) is 0.792. The van der Waals surface area contributed by atoms with Gasteiger partial charge in [-0.2, -0.15) is 0 Å². The Hall–Kier alpha value is -1.45. The van der Waals surface area contributed by atoms with Gasteiger partial charge in [0.2, 0.25) is 0 Å². The van der Waals surface area contributed by atoms with E-state index in [1.807, 2.05) is 6.92 Å². The summed E-state index contributed by atoms with van der Waals surface area (Å²) in [4.78, 5) is 39.1. The molecule has 0 bridgehead atoms. The third kappa shape index (κ3) is 3.59. The lowest BCUT2D eigenvalue weighted by molar-refractivity contribution is -0.151. The van der Waals surface area contributed by atoms with E-state index in [2.05, 4.69) is 13.0 Å². The molecule has 4 nitrogen and oxygen atoms in total. The van der Waals surface area contributed by atoms with Crippen LogP contribution in [0, 0.1) is 35.5 Å². The molecule has 3 unspecified atom stereocenters. The van der Waals surface area contributed by atoms with Gasteiger partial charge in [-0.3, -0.25) is 14.4 Å². The number of cyclic esters (lactones) is 1. The topological polar surface area (TPSA) is 60.4 Å². The maximum Gasteiger partial charge on any atom is 0.306 e. The summed E-state index contributed by atoms with van der Waals surface area (Å²) in [5.41, 5.74) is 0.772. The second-order valence-corrected chi connectivity index (χ2v) is 9.63. The van der Waals surface area contributed by atoms with E-state index >= 15 is 0 Å². The number of hydrogen-bond acceptors (Lipinski definition) is 4. The van der Waals surface area contributed by atoms with Crippen molar-refractivity contribution >= 4 is 17.5 Å². The van der Waals surface area contributed by atoms with Crippen molar-refractivity contribution in [3.8, 4) is 0 Å². The van der Waals surface area contributed by atoms with Crippen molar-refractivity contribution in [1.82, 2.24) is 0 Å². The largest absolute Gasteiger partial charge is 0.462 e. The third-order valence-corrected chi connectivity index (χ3v) is 7.95. The Morgan fingerprint density at radius 3 is 2.57 bits per heavy atom. The van der Waals surface area contributed by atoms with Crippen molar-refractivity contribution < 1.29 is 19.1 Å². The summed E-state index contributed by atoms with van der Waals surface area (Å²) in [7, 11) is 0. The molecule has 4 aliphatic rings. The molecule has 4 rings (SSSR count). The number of carbonyl (C=O) groups excluding carboxylic acids is 3. The molecule has 1 saturated heterocycles. The quantitative estimate of drug-likeness (QED) is 0.615. The molecule has 2 saturated carbocycles. The van der Waals surface area contributed by atoms with Crippen LogP contribution in [0.5, 0.6) is 0 Å². The monoisotopic (exact) mass is 386 g/mol. The summed E-state index contributed by atoms with van der Waals surface area (Å²) in [5, 5.41) is 0. The fourth-order valence-electron chi connectivity index (χ4n) is 6.45. The lowest BCUT2D eigenvalue weighted by Gasteiger charge is -2.37. The molecule has 0 amide bonds. The van der Waals surface area contributed by atoms with Crippen LogP contribution >= 0.6 is 0 Å².